The third kappa shape index (κ3) is 4.90. The zero-order valence-corrected chi connectivity index (χ0v) is 17.0. The fraction of sp³-hybridized carbons (Fsp3) is 0.800. The number of hydroxylamine groups is 2. The Bertz CT molecular complexity index is 641. The molecule has 0 radical (unpaired) electrons. The molecule has 0 aromatic rings. The molecule has 2 unspecified atom stereocenters. The van der Waals surface area contributed by atoms with Gasteiger partial charge in [-0.05, 0) is 45.4 Å². The van der Waals surface area contributed by atoms with Crippen LogP contribution in [0.25, 0.3) is 0 Å². The van der Waals surface area contributed by atoms with E-state index in [1.54, 1.807) is 0 Å². The van der Waals surface area contributed by atoms with Crippen molar-refractivity contribution in [2.75, 3.05) is 13.1 Å². The molecule has 2 saturated heterocycles. The van der Waals surface area contributed by atoms with Crippen molar-refractivity contribution < 1.29 is 24.0 Å². The van der Waals surface area contributed by atoms with Crippen LogP contribution in [0.4, 0.5) is 0 Å². The number of hydrogen-bond acceptors (Lipinski definition) is 6. The van der Waals surface area contributed by atoms with Crippen LogP contribution in [0.5, 0.6) is 0 Å². The van der Waals surface area contributed by atoms with Gasteiger partial charge < -0.3 is 10.2 Å². The number of fused-ring (bicyclic) bond motifs is 1. The average molecular weight is 393 g/mol. The Morgan fingerprint density at radius 2 is 1.68 bits per heavy atom. The van der Waals surface area contributed by atoms with Crippen molar-refractivity contribution in [2.45, 2.75) is 77.3 Å². The number of piperidine rings is 1. The molecular formula is C20H31N3O5. The minimum Gasteiger partial charge on any atom is -0.350 e. The van der Waals surface area contributed by atoms with Crippen LogP contribution in [0.1, 0.15) is 65.7 Å². The Kier molecular flexibility index (Phi) is 6.07. The van der Waals surface area contributed by atoms with E-state index in [9.17, 15) is 19.2 Å². The molecule has 0 aromatic carbocycles. The molecule has 0 bridgehead atoms. The third-order valence-corrected chi connectivity index (χ3v) is 5.83. The van der Waals surface area contributed by atoms with E-state index in [4.69, 9.17) is 4.84 Å². The maximum atomic E-state index is 12.9. The normalized spacial score (nSPS) is 28.8. The highest BCUT2D eigenvalue weighted by Crippen LogP contribution is 2.38. The Morgan fingerprint density at radius 3 is 2.29 bits per heavy atom. The van der Waals surface area contributed by atoms with E-state index in [-0.39, 0.29) is 30.8 Å². The zero-order chi connectivity index (χ0) is 20.5. The molecule has 3 atom stereocenters. The molecule has 1 N–H and O–H groups in total. The van der Waals surface area contributed by atoms with Gasteiger partial charge >= 0.3 is 5.97 Å². The second-order valence-corrected chi connectivity index (χ2v) is 9.27. The summed E-state index contributed by atoms with van der Waals surface area (Å²) < 4.78 is 0. The molecule has 3 amide bonds. The predicted octanol–water partition coefficient (Wildman–Crippen LogP) is 1.39. The summed E-state index contributed by atoms with van der Waals surface area (Å²) in [6.07, 6.45) is 5.45. The van der Waals surface area contributed by atoms with Gasteiger partial charge in [0.2, 0.25) is 5.91 Å². The number of carbonyl (C=O) groups is 4. The molecule has 0 spiro atoms. The van der Waals surface area contributed by atoms with Crippen LogP contribution in [-0.4, -0.2) is 58.3 Å². The Hall–Kier alpha value is -1.96. The Morgan fingerprint density at radius 1 is 1.07 bits per heavy atom. The highest BCUT2D eigenvalue weighted by atomic mass is 16.7. The summed E-state index contributed by atoms with van der Waals surface area (Å²) in [5, 5.41) is 3.59. The summed E-state index contributed by atoms with van der Waals surface area (Å²) in [5.41, 5.74) is -0.360. The van der Waals surface area contributed by atoms with Gasteiger partial charge in [0.05, 0.1) is 6.04 Å². The van der Waals surface area contributed by atoms with E-state index in [0.29, 0.717) is 23.4 Å². The Balaban J connectivity index is 1.68. The fourth-order valence-corrected chi connectivity index (χ4v) is 4.55. The summed E-state index contributed by atoms with van der Waals surface area (Å²) in [7, 11) is 0. The van der Waals surface area contributed by atoms with Gasteiger partial charge in [0.15, 0.2) is 0 Å². The number of likely N-dealkylation sites (tertiary alicyclic amines) is 1. The molecule has 1 saturated carbocycles. The molecule has 1 aliphatic carbocycles. The lowest BCUT2D eigenvalue weighted by atomic mass is 9.72. The number of nitrogens with one attached hydrogen (secondary N) is 1. The van der Waals surface area contributed by atoms with Crippen LogP contribution < -0.4 is 5.32 Å². The molecule has 8 heteroatoms. The summed E-state index contributed by atoms with van der Waals surface area (Å²) in [5.74, 6) is -0.782. The van der Waals surface area contributed by atoms with E-state index < -0.39 is 23.8 Å². The van der Waals surface area contributed by atoms with Crippen LogP contribution in [0.3, 0.4) is 0 Å². The standard InChI is InChI=1S/C20H31N3O5/c1-20(2,3)21-19(27)15-10-13-6-4-5-7-14(13)11-22(15)12-18(26)28-23-16(24)8-9-17(23)25/h13-15H,4-12H2,1-3H3,(H,21,27)/t13?,14?,15-/m0/s1. The minimum atomic E-state index is -0.675. The molecule has 3 fully saturated rings. The molecular weight excluding hydrogens is 362 g/mol. The van der Waals surface area contributed by atoms with E-state index in [1.807, 2.05) is 25.7 Å². The van der Waals surface area contributed by atoms with Gasteiger partial charge in [0.25, 0.3) is 11.8 Å². The van der Waals surface area contributed by atoms with Gasteiger partial charge in [-0.15, -0.1) is 5.06 Å². The fourth-order valence-electron chi connectivity index (χ4n) is 4.55. The molecule has 3 aliphatic rings. The SMILES string of the molecule is CC(C)(C)NC(=O)[C@@H]1CC2CCCCC2CN1CC(=O)ON1C(=O)CCC1=O. The lowest BCUT2D eigenvalue weighted by Gasteiger charge is -2.45. The molecule has 156 valence electrons. The van der Waals surface area contributed by atoms with E-state index in [1.165, 1.54) is 12.8 Å². The summed E-state index contributed by atoms with van der Waals surface area (Å²) in [4.78, 5) is 55.6. The van der Waals surface area contributed by atoms with Crippen LogP contribution in [-0.2, 0) is 24.0 Å². The van der Waals surface area contributed by atoms with E-state index >= 15 is 0 Å². The van der Waals surface area contributed by atoms with E-state index in [0.717, 1.165) is 19.3 Å². The van der Waals surface area contributed by atoms with Gasteiger partial charge in [0.1, 0.15) is 6.54 Å². The second kappa shape index (κ2) is 8.19. The van der Waals surface area contributed by atoms with Crippen LogP contribution in [0.15, 0.2) is 0 Å². The van der Waals surface area contributed by atoms with Crippen molar-refractivity contribution in [2.24, 2.45) is 11.8 Å². The predicted molar refractivity (Wildman–Crippen MR) is 101 cm³/mol. The van der Waals surface area contributed by atoms with Crippen molar-refractivity contribution in [3.05, 3.63) is 0 Å². The van der Waals surface area contributed by atoms with Crippen molar-refractivity contribution in [1.82, 2.24) is 15.3 Å². The molecule has 2 aliphatic heterocycles. The van der Waals surface area contributed by atoms with Crippen molar-refractivity contribution in [1.29, 1.82) is 0 Å². The third-order valence-electron chi connectivity index (χ3n) is 5.83. The number of rotatable bonds is 4. The number of imide groups is 1. The van der Waals surface area contributed by atoms with Crippen LogP contribution in [0.2, 0.25) is 0 Å². The first-order valence-corrected chi connectivity index (χ1v) is 10.3. The first kappa shape index (κ1) is 20.8. The van der Waals surface area contributed by atoms with Crippen molar-refractivity contribution >= 4 is 23.7 Å². The van der Waals surface area contributed by atoms with Gasteiger partial charge in [-0.1, -0.05) is 19.3 Å². The summed E-state index contributed by atoms with van der Waals surface area (Å²) in [6.45, 7) is 6.34. The first-order chi connectivity index (χ1) is 13.1. The summed E-state index contributed by atoms with van der Waals surface area (Å²) in [6, 6.07) is -0.406. The van der Waals surface area contributed by atoms with E-state index in [2.05, 4.69) is 5.32 Å². The molecule has 3 rings (SSSR count). The molecule has 2 heterocycles. The highest BCUT2D eigenvalue weighted by molar-refractivity contribution is 6.01. The largest absolute Gasteiger partial charge is 0.350 e. The van der Waals surface area contributed by atoms with Gasteiger partial charge in [-0.3, -0.25) is 19.3 Å². The lowest BCUT2D eigenvalue weighted by molar-refractivity contribution is -0.199. The molecule has 8 nitrogen and oxygen atoms in total. The number of amides is 3. The van der Waals surface area contributed by atoms with Crippen LogP contribution in [0, 0.1) is 11.8 Å². The van der Waals surface area contributed by atoms with Gasteiger partial charge in [-0.25, -0.2) is 4.79 Å². The smallest absolute Gasteiger partial charge is 0.347 e. The maximum Gasteiger partial charge on any atom is 0.347 e. The maximum absolute atomic E-state index is 12.9. The monoisotopic (exact) mass is 393 g/mol. The van der Waals surface area contributed by atoms with Crippen molar-refractivity contribution in [3.63, 3.8) is 0 Å². The number of hydrogen-bond donors (Lipinski definition) is 1. The average Bonchev–Trinajstić information content (AvgIpc) is 2.91. The summed E-state index contributed by atoms with van der Waals surface area (Å²) >= 11 is 0. The van der Waals surface area contributed by atoms with Gasteiger partial charge in [-0.2, -0.15) is 0 Å². The number of carbonyl (C=O) groups excluding carboxylic acids is 4. The van der Waals surface area contributed by atoms with Gasteiger partial charge in [0, 0.05) is 24.9 Å². The van der Waals surface area contributed by atoms with Crippen LogP contribution >= 0.6 is 0 Å². The second-order valence-electron chi connectivity index (χ2n) is 9.27. The first-order valence-electron chi connectivity index (χ1n) is 10.3. The number of nitrogens with zero attached hydrogens (tertiary/aromatic N) is 2. The topological polar surface area (TPSA) is 96.0 Å². The molecule has 0 aromatic heterocycles. The molecule has 28 heavy (non-hydrogen) atoms. The highest BCUT2D eigenvalue weighted by Gasteiger charge is 2.42. The quantitative estimate of drug-likeness (QED) is 0.725. The minimum absolute atomic E-state index is 0.0657. The lowest BCUT2D eigenvalue weighted by Crippen LogP contribution is -2.58. The zero-order valence-electron chi connectivity index (χ0n) is 17.0. The van der Waals surface area contributed by atoms with Crippen molar-refractivity contribution in [3.8, 4) is 0 Å². The Labute approximate surface area is 165 Å².